The minimum atomic E-state index is -4.57. The van der Waals surface area contributed by atoms with Crippen LogP contribution in [0, 0.1) is 0 Å². The molecule has 1 aliphatic heterocycles. The molecule has 12 heteroatoms. The summed E-state index contributed by atoms with van der Waals surface area (Å²) in [6.45, 7) is 7.81. The molecule has 0 unspecified atom stereocenters. The van der Waals surface area contributed by atoms with Crippen LogP contribution in [0.25, 0.3) is 16.7 Å². The van der Waals surface area contributed by atoms with E-state index >= 15 is 0 Å². The maximum atomic E-state index is 13.6. The fourth-order valence-electron chi connectivity index (χ4n) is 4.42. The summed E-state index contributed by atoms with van der Waals surface area (Å²) in [5.74, 6) is 0.0290. The van der Waals surface area contributed by atoms with Gasteiger partial charge in [-0.15, -0.1) is 0 Å². The number of halogens is 4. The molecule has 2 N–H and O–H groups in total. The third kappa shape index (κ3) is 8.55. The Balaban J connectivity index is 1.55. The first-order valence-electron chi connectivity index (χ1n) is 13.6. The summed E-state index contributed by atoms with van der Waals surface area (Å²) in [6.07, 6.45) is -1.22. The van der Waals surface area contributed by atoms with Crippen molar-refractivity contribution in [1.29, 1.82) is 0 Å². The summed E-state index contributed by atoms with van der Waals surface area (Å²) in [6, 6.07) is 9.05. The third-order valence-corrected chi connectivity index (χ3v) is 6.85. The van der Waals surface area contributed by atoms with Gasteiger partial charge < -0.3 is 20.1 Å². The predicted molar refractivity (Wildman–Crippen MR) is 156 cm³/mol. The van der Waals surface area contributed by atoms with E-state index < -0.39 is 35.4 Å². The Hall–Kier alpha value is -3.96. The van der Waals surface area contributed by atoms with Gasteiger partial charge >= 0.3 is 12.3 Å². The zero-order valence-corrected chi connectivity index (χ0v) is 24.9. The fourth-order valence-corrected chi connectivity index (χ4v) is 4.77. The van der Waals surface area contributed by atoms with E-state index in [1.54, 1.807) is 39.8 Å². The van der Waals surface area contributed by atoms with Crippen molar-refractivity contribution in [2.45, 2.75) is 58.5 Å². The molecule has 2 aromatic carbocycles. The molecule has 0 saturated carbocycles. The van der Waals surface area contributed by atoms with Crippen LogP contribution in [0.2, 0.25) is 5.02 Å². The largest absolute Gasteiger partial charge is 0.444 e. The first-order chi connectivity index (χ1) is 20.2. The highest BCUT2D eigenvalue weighted by atomic mass is 35.5. The normalized spacial score (nSPS) is 14.5. The van der Waals surface area contributed by atoms with Crippen LogP contribution in [0.4, 0.5) is 18.0 Å². The topological polar surface area (TPSA) is 102 Å². The molecular formula is C31H32ClF3N4O4. The molecule has 1 aromatic heterocycles. The van der Waals surface area contributed by atoms with E-state index in [1.165, 1.54) is 24.4 Å². The van der Waals surface area contributed by atoms with Gasteiger partial charge in [-0.05, 0) is 86.2 Å². The number of benzene rings is 2. The number of nitrogens with one attached hydrogen (secondary N) is 2. The molecule has 3 aromatic rings. The Labute approximate surface area is 252 Å². The molecule has 8 nitrogen and oxygen atoms in total. The van der Waals surface area contributed by atoms with Crippen molar-refractivity contribution < 1.29 is 32.2 Å². The minimum absolute atomic E-state index is 0.0704. The van der Waals surface area contributed by atoms with Crippen LogP contribution in [0.1, 0.15) is 73.2 Å². The Morgan fingerprint density at radius 2 is 1.88 bits per heavy atom. The van der Waals surface area contributed by atoms with Crippen molar-refractivity contribution in [3.63, 3.8) is 0 Å². The second-order valence-electron chi connectivity index (χ2n) is 11.0. The lowest BCUT2D eigenvalue weighted by molar-refractivity contribution is -0.137. The van der Waals surface area contributed by atoms with Gasteiger partial charge in [-0.3, -0.25) is 4.79 Å². The number of alkyl halides is 3. The Morgan fingerprint density at radius 3 is 2.53 bits per heavy atom. The Morgan fingerprint density at radius 1 is 1.12 bits per heavy atom. The van der Waals surface area contributed by atoms with Crippen LogP contribution in [-0.2, 0) is 22.2 Å². The monoisotopic (exact) mass is 616 g/mol. The highest BCUT2D eigenvalue weighted by Crippen LogP contribution is 2.36. The van der Waals surface area contributed by atoms with Crippen LogP contribution in [0.5, 0.6) is 0 Å². The average molecular weight is 617 g/mol. The standard InChI is InChI=1S/C31H32ClF3N4O4/c1-18(38-28(40)26-9-12-36-27(39-26)19-10-13-42-14-11-19)23-8-6-20(15-25(23)32)24-16-22(31(33,34)35)7-5-21(24)17-37-29(41)43-30(2,3)4/h5-10,12,15-16,18H,11,13-14,17H2,1-4H3,(H,37,41)(H,38,40)/t18-/m1/s1. The number of carbonyl (C=O) groups excluding carboxylic acids is 2. The van der Waals surface area contributed by atoms with Crippen molar-refractivity contribution in [1.82, 2.24) is 20.6 Å². The van der Waals surface area contributed by atoms with Crippen LogP contribution in [0.15, 0.2) is 54.7 Å². The predicted octanol–water partition coefficient (Wildman–Crippen LogP) is 7.14. The van der Waals surface area contributed by atoms with Crippen LogP contribution in [0.3, 0.4) is 0 Å². The van der Waals surface area contributed by atoms with E-state index in [9.17, 15) is 22.8 Å². The van der Waals surface area contributed by atoms with Gasteiger partial charge in [0.1, 0.15) is 11.3 Å². The van der Waals surface area contributed by atoms with Crippen LogP contribution >= 0.6 is 11.6 Å². The van der Waals surface area contributed by atoms with Crippen molar-refractivity contribution >= 4 is 29.2 Å². The number of ether oxygens (including phenoxy) is 2. The second kappa shape index (κ2) is 13.1. The van der Waals surface area contributed by atoms with Gasteiger partial charge in [0, 0.05) is 17.8 Å². The number of amides is 2. The van der Waals surface area contributed by atoms with Gasteiger partial charge in [0.2, 0.25) is 0 Å². The van der Waals surface area contributed by atoms with Crippen molar-refractivity contribution in [3.05, 3.63) is 88.0 Å². The molecule has 0 radical (unpaired) electrons. The highest BCUT2D eigenvalue weighted by Gasteiger charge is 2.31. The smallest absolute Gasteiger partial charge is 0.416 e. The number of carbonyl (C=O) groups is 2. The minimum Gasteiger partial charge on any atom is -0.444 e. The van der Waals surface area contributed by atoms with E-state index in [1.807, 2.05) is 6.08 Å². The van der Waals surface area contributed by atoms with Gasteiger partial charge in [-0.25, -0.2) is 14.8 Å². The van der Waals surface area contributed by atoms with Crippen LogP contribution < -0.4 is 10.6 Å². The number of aromatic nitrogens is 2. The molecule has 0 spiro atoms. The number of nitrogens with zero attached hydrogens (tertiary/aromatic N) is 2. The zero-order chi connectivity index (χ0) is 31.4. The second-order valence-corrected chi connectivity index (χ2v) is 11.4. The third-order valence-electron chi connectivity index (χ3n) is 6.52. The molecule has 43 heavy (non-hydrogen) atoms. The Bertz CT molecular complexity index is 1540. The first kappa shape index (κ1) is 32.0. The zero-order valence-electron chi connectivity index (χ0n) is 24.1. The van der Waals surface area contributed by atoms with Crippen molar-refractivity contribution in [2.24, 2.45) is 0 Å². The summed E-state index contributed by atoms with van der Waals surface area (Å²) in [7, 11) is 0. The summed E-state index contributed by atoms with van der Waals surface area (Å²) < 4.78 is 51.3. The van der Waals surface area contributed by atoms with Gasteiger partial charge in [-0.2, -0.15) is 13.2 Å². The lowest BCUT2D eigenvalue weighted by atomic mass is 9.95. The fraction of sp³-hybridized carbons (Fsp3) is 0.355. The number of rotatable bonds is 7. The molecule has 0 fully saturated rings. The summed E-state index contributed by atoms with van der Waals surface area (Å²) in [5, 5.41) is 5.69. The van der Waals surface area contributed by atoms with Crippen molar-refractivity contribution in [2.75, 3.05) is 13.2 Å². The molecule has 1 atom stereocenters. The summed E-state index contributed by atoms with van der Waals surface area (Å²) >= 11 is 6.60. The lowest BCUT2D eigenvalue weighted by Crippen LogP contribution is -2.32. The maximum absolute atomic E-state index is 13.6. The van der Waals surface area contributed by atoms with E-state index in [-0.39, 0.29) is 22.8 Å². The average Bonchev–Trinajstić information content (AvgIpc) is 2.95. The van der Waals surface area contributed by atoms with E-state index in [4.69, 9.17) is 21.1 Å². The molecular weight excluding hydrogens is 585 g/mol. The van der Waals surface area contributed by atoms with Gasteiger partial charge in [0.25, 0.3) is 5.91 Å². The Kier molecular flexibility index (Phi) is 9.76. The number of alkyl carbamates (subject to hydrolysis) is 1. The quantitative estimate of drug-likeness (QED) is 0.293. The number of hydrogen-bond donors (Lipinski definition) is 2. The summed E-state index contributed by atoms with van der Waals surface area (Å²) in [4.78, 5) is 33.9. The van der Waals surface area contributed by atoms with Crippen LogP contribution in [-0.4, -0.2) is 40.8 Å². The number of hydrogen-bond acceptors (Lipinski definition) is 6. The van der Waals surface area contributed by atoms with E-state index in [0.717, 1.165) is 17.7 Å². The molecule has 0 bridgehead atoms. The highest BCUT2D eigenvalue weighted by molar-refractivity contribution is 6.31. The summed E-state index contributed by atoms with van der Waals surface area (Å²) in [5.41, 5.74) is 1.15. The van der Waals surface area contributed by atoms with Gasteiger partial charge in [0.15, 0.2) is 5.82 Å². The lowest BCUT2D eigenvalue weighted by Gasteiger charge is -2.21. The molecule has 2 heterocycles. The van der Waals surface area contributed by atoms with E-state index in [0.29, 0.717) is 42.1 Å². The van der Waals surface area contributed by atoms with Gasteiger partial charge in [0.05, 0.1) is 24.8 Å². The molecule has 0 saturated heterocycles. The van der Waals surface area contributed by atoms with Crippen molar-refractivity contribution in [3.8, 4) is 11.1 Å². The SMILES string of the molecule is C[C@@H](NC(=O)c1ccnc(C2=CCOCC2)n1)c1ccc(-c2cc(C(F)(F)F)ccc2CNC(=O)OC(C)(C)C)cc1Cl. The molecule has 0 aliphatic carbocycles. The molecule has 228 valence electrons. The van der Waals surface area contributed by atoms with Gasteiger partial charge in [-0.1, -0.05) is 35.9 Å². The molecule has 2 amide bonds. The first-order valence-corrected chi connectivity index (χ1v) is 14.0. The van der Waals surface area contributed by atoms with E-state index in [2.05, 4.69) is 20.6 Å². The molecule has 4 rings (SSSR count). The maximum Gasteiger partial charge on any atom is 0.416 e. The molecule has 1 aliphatic rings.